The summed E-state index contributed by atoms with van der Waals surface area (Å²) in [5.74, 6) is 1.93. The molecule has 1 heterocycles. The Morgan fingerprint density at radius 1 is 1.33 bits per heavy atom. The first-order valence-corrected chi connectivity index (χ1v) is 8.33. The molecule has 0 aromatic carbocycles. The molecule has 3 atom stereocenters. The first-order chi connectivity index (χ1) is 10.2. The highest BCUT2D eigenvalue weighted by molar-refractivity contribution is 5.01. The van der Waals surface area contributed by atoms with E-state index in [9.17, 15) is 0 Å². The molecule has 1 aliphatic carbocycles. The van der Waals surface area contributed by atoms with Crippen LogP contribution in [0.3, 0.4) is 0 Å². The maximum atomic E-state index is 5.56. The van der Waals surface area contributed by atoms with E-state index in [1.807, 2.05) is 6.92 Å². The SMILES string of the molecule is CCCNC1CCCCCC1c1nc(CC(C)OC)no1. The van der Waals surface area contributed by atoms with Gasteiger partial charge in [-0.25, -0.2) is 0 Å². The van der Waals surface area contributed by atoms with Gasteiger partial charge in [-0.3, -0.25) is 0 Å². The summed E-state index contributed by atoms with van der Waals surface area (Å²) in [6, 6.07) is 0.473. The number of hydrogen-bond donors (Lipinski definition) is 1. The van der Waals surface area contributed by atoms with Crippen molar-refractivity contribution in [3.05, 3.63) is 11.7 Å². The van der Waals surface area contributed by atoms with Gasteiger partial charge in [-0.15, -0.1) is 0 Å². The Labute approximate surface area is 127 Å². The van der Waals surface area contributed by atoms with Crippen LogP contribution in [0.1, 0.15) is 70.0 Å². The number of nitrogens with one attached hydrogen (secondary N) is 1. The molecule has 120 valence electrons. The molecular weight excluding hydrogens is 266 g/mol. The van der Waals surface area contributed by atoms with Crippen LogP contribution in [-0.2, 0) is 11.2 Å². The zero-order chi connectivity index (χ0) is 15.1. The minimum atomic E-state index is 0.124. The third-order valence-corrected chi connectivity index (χ3v) is 4.35. The highest BCUT2D eigenvalue weighted by atomic mass is 16.5. The lowest BCUT2D eigenvalue weighted by Gasteiger charge is -2.23. The van der Waals surface area contributed by atoms with Crippen LogP contribution in [0.4, 0.5) is 0 Å². The quantitative estimate of drug-likeness (QED) is 0.783. The van der Waals surface area contributed by atoms with Gasteiger partial charge < -0.3 is 14.6 Å². The normalized spacial score (nSPS) is 24.7. The Morgan fingerprint density at radius 2 is 2.14 bits per heavy atom. The van der Waals surface area contributed by atoms with Crippen LogP contribution >= 0.6 is 0 Å². The lowest BCUT2D eigenvalue weighted by Crippen LogP contribution is -2.35. The third-order valence-electron chi connectivity index (χ3n) is 4.35. The summed E-state index contributed by atoms with van der Waals surface area (Å²) in [5, 5.41) is 7.80. The largest absolute Gasteiger partial charge is 0.381 e. The average molecular weight is 295 g/mol. The molecule has 1 aliphatic rings. The first-order valence-electron chi connectivity index (χ1n) is 8.33. The lowest BCUT2D eigenvalue weighted by atomic mass is 9.94. The van der Waals surface area contributed by atoms with Crippen molar-refractivity contribution >= 4 is 0 Å². The fraction of sp³-hybridized carbons (Fsp3) is 0.875. The summed E-state index contributed by atoms with van der Waals surface area (Å²) in [4.78, 5) is 4.62. The van der Waals surface area contributed by atoms with E-state index >= 15 is 0 Å². The number of ether oxygens (including phenoxy) is 1. The van der Waals surface area contributed by atoms with E-state index in [0.717, 1.165) is 31.1 Å². The summed E-state index contributed by atoms with van der Waals surface area (Å²) in [5.41, 5.74) is 0. The van der Waals surface area contributed by atoms with Gasteiger partial charge in [0, 0.05) is 19.6 Å². The van der Waals surface area contributed by atoms with E-state index in [1.54, 1.807) is 7.11 Å². The number of nitrogens with zero attached hydrogens (tertiary/aromatic N) is 2. The minimum Gasteiger partial charge on any atom is -0.381 e. The van der Waals surface area contributed by atoms with Crippen molar-refractivity contribution in [2.45, 2.75) is 76.9 Å². The van der Waals surface area contributed by atoms with E-state index < -0.39 is 0 Å². The summed E-state index contributed by atoms with van der Waals surface area (Å²) >= 11 is 0. The molecule has 0 aliphatic heterocycles. The third kappa shape index (κ3) is 4.78. The van der Waals surface area contributed by atoms with Crippen molar-refractivity contribution in [1.29, 1.82) is 0 Å². The molecule has 0 bridgehead atoms. The van der Waals surface area contributed by atoms with Crippen LogP contribution in [0.15, 0.2) is 4.52 Å². The van der Waals surface area contributed by atoms with Gasteiger partial charge in [0.25, 0.3) is 0 Å². The molecule has 0 spiro atoms. The topological polar surface area (TPSA) is 60.2 Å². The molecule has 0 amide bonds. The zero-order valence-corrected chi connectivity index (χ0v) is 13.6. The second-order valence-corrected chi connectivity index (χ2v) is 6.10. The fourth-order valence-electron chi connectivity index (χ4n) is 3.02. The van der Waals surface area contributed by atoms with Crippen LogP contribution in [-0.4, -0.2) is 35.9 Å². The Kier molecular flexibility index (Phi) is 6.64. The molecule has 1 fully saturated rings. The van der Waals surface area contributed by atoms with Gasteiger partial charge in [-0.05, 0) is 32.7 Å². The maximum Gasteiger partial charge on any atom is 0.231 e. The molecule has 1 N–H and O–H groups in total. The fourth-order valence-corrected chi connectivity index (χ4v) is 3.02. The summed E-state index contributed by atoms with van der Waals surface area (Å²) < 4.78 is 10.8. The van der Waals surface area contributed by atoms with Gasteiger partial charge in [0.2, 0.25) is 5.89 Å². The second-order valence-electron chi connectivity index (χ2n) is 6.10. The predicted molar refractivity (Wildman–Crippen MR) is 82.4 cm³/mol. The Morgan fingerprint density at radius 3 is 2.90 bits per heavy atom. The maximum absolute atomic E-state index is 5.56. The average Bonchev–Trinajstić information content (AvgIpc) is 2.82. The predicted octanol–water partition coefficient (Wildman–Crippen LogP) is 3.06. The molecule has 0 radical (unpaired) electrons. The number of methoxy groups -OCH3 is 1. The summed E-state index contributed by atoms with van der Waals surface area (Å²) in [6.45, 7) is 5.28. The molecule has 5 nitrogen and oxygen atoms in total. The Hall–Kier alpha value is -0.940. The standard InChI is InChI=1S/C16H29N3O2/c1-4-10-17-14-9-7-5-6-8-13(14)16-18-15(19-21-16)11-12(2)20-3/h12-14,17H,4-11H2,1-3H3. The number of aromatic nitrogens is 2. The zero-order valence-electron chi connectivity index (χ0n) is 13.6. The van der Waals surface area contributed by atoms with Crippen molar-refractivity contribution in [1.82, 2.24) is 15.5 Å². The Balaban J connectivity index is 2.05. The molecule has 2 rings (SSSR count). The smallest absolute Gasteiger partial charge is 0.231 e. The van der Waals surface area contributed by atoms with Crippen molar-refractivity contribution in [3.8, 4) is 0 Å². The number of hydrogen-bond acceptors (Lipinski definition) is 5. The van der Waals surface area contributed by atoms with Gasteiger partial charge in [0.05, 0.1) is 12.0 Å². The lowest BCUT2D eigenvalue weighted by molar-refractivity contribution is 0.116. The molecule has 21 heavy (non-hydrogen) atoms. The summed E-state index contributed by atoms with van der Waals surface area (Å²) in [6.07, 6.45) is 8.19. The highest BCUT2D eigenvalue weighted by Crippen LogP contribution is 2.31. The van der Waals surface area contributed by atoms with Gasteiger partial charge >= 0.3 is 0 Å². The molecule has 0 saturated heterocycles. The monoisotopic (exact) mass is 295 g/mol. The summed E-state index contributed by atoms with van der Waals surface area (Å²) in [7, 11) is 1.71. The second kappa shape index (κ2) is 8.49. The van der Waals surface area contributed by atoms with Gasteiger partial charge in [0.1, 0.15) is 0 Å². The minimum absolute atomic E-state index is 0.124. The van der Waals surface area contributed by atoms with Crippen molar-refractivity contribution < 1.29 is 9.26 Å². The van der Waals surface area contributed by atoms with Gasteiger partial charge in [-0.2, -0.15) is 4.98 Å². The van der Waals surface area contributed by atoms with Crippen molar-refractivity contribution in [3.63, 3.8) is 0 Å². The molecule has 1 saturated carbocycles. The molecule has 3 unspecified atom stereocenters. The van der Waals surface area contributed by atoms with E-state index in [4.69, 9.17) is 9.26 Å². The molecule has 1 aromatic rings. The van der Waals surface area contributed by atoms with Crippen LogP contribution < -0.4 is 5.32 Å². The van der Waals surface area contributed by atoms with Crippen LogP contribution in [0, 0.1) is 0 Å². The van der Waals surface area contributed by atoms with Gasteiger partial charge in [-0.1, -0.05) is 31.3 Å². The number of rotatable bonds is 7. The van der Waals surface area contributed by atoms with Crippen LogP contribution in [0.5, 0.6) is 0 Å². The van der Waals surface area contributed by atoms with Crippen molar-refractivity contribution in [2.24, 2.45) is 0 Å². The van der Waals surface area contributed by atoms with E-state index in [1.165, 1.54) is 25.7 Å². The first kappa shape index (κ1) is 16.4. The van der Waals surface area contributed by atoms with Crippen LogP contribution in [0.2, 0.25) is 0 Å². The highest BCUT2D eigenvalue weighted by Gasteiger charge is 2.29. The van der Waals surface area contributed by atoms with E-state index in [0.29, 0.717) is 18.4 Å². The van der Waals surface area contributed by atoms with Gasteiger partial charge in [0.15, 0.2) is 5.82 Å². The molecule has 1 aromatic heterocycles. The van der Waals surface area contributed by atoms with E-state index in [-0.39, 0.29) is 6.10 Å². The van der Waals surface area contributed by atoms with Crippen molar-refractivity contribution in [2.75, 3.05) is 13.7 Å². The molecule has 5 heteroatoms. The Bertz CT molecular complexity index is 408. The van der Waals surface area contributed by atoms with E-state index in [2.05, 4.69) is 22.4 Å². The molecular formula is C16H29N3O2. The van der Waals surface area contributed by atoms with Crippen LogP contribution in [0.25, 0.3) is 0 Å².